The topological polar surface area (TPSA) is 69.8 Å². The van der Waals surface area contributed by atoms with E-state index in [1.165, 1.54) is 38.6 Å². The van der Waals surface area contributed by atoms with Gasteiger partial charge < -0.3 is 10.1 Å². The van der Waals surface area contributed by atoms with Gasteiger partial charge in [-0.25, -0.2) is 9.98 Å². The molecule has 0 saturated carbocycles. The second-order valence-electron chi connectivity index (χ2n) is 18.1. The molecule has 0 fully saturated rings. The predicted molar refractivity (Wildman–Crippen MR) is 258 cm³/mol. The van der Waals surface area contributed by atoms with Gasteiger partial charge in [0.25, 0.3) is 0 Å². The Morgan fingerprint density at radius 1 is 0.688 bits per heavy atom. The van der Waals surface area contributed by atoms with Crippen LogP contribution in [0.15, 0.2) is 210 Å². The maximum Gasteiger partial charge on any atom is 0.147 e. The van der Waals surface area contributed by atoms with Gasteiger partial charge in [-0.05, 0) is 106 Å². The second kappa shape index (κ2) is 15.1. The number of hydrogen-bond acceptors (Lipinski definition) is 5. The van der Waals surface area contributed by atoms with Crippen molar-refractivity contribution < 1.29 is 4.74 Å². The number of rotatable bonds is 5. The summed E-state index contributed by atoms with van der Waals surface area (Å²) < 4.78 is 7.23. The SMILES string of the molecule is CC12C=C(c3cccc(C4C=CC(C5=NC(C6C=CC=CC6)=NC(c6ccccc6)N5)=CC4)c3)C=CC1C1(c3ccccc3Cc3cc4ccccc4cc31)c1ccc(C#N)cc1O2. The van der Waals surface area contributed by atoms with E-state index in [2.05, 4.69) is 194 Å². The van der Waals surface area contributed by atoms with E-state index in [1.807, 2.05) is 18.2 Å². The Labute approximate surface area is 374 Å². The molecule has 0 amide bonds. The molecule has 5 nitrogen and oxygen atoms in total. The van der Waals surface area contributed by atoms with Crippen molar-refractivity contribution in [1.82, 2.24) is 5.32 Å². The standard InChI is InChI=1S/C59H46N4O/c1-58-36-48(45-21-12-20-43(32-45)39-24-26-42(27-25-39)57-62-55(40-13-4-2-5-14-40)61-56(63-57)41-15-6-3-7-16-41)28-30-54(58)59(51-29-23-38(37-60)31-53(51)64-58)50-22-11-10-19-47(50)34-49-33-44-17-8-9-18-46(44)35-52(49)59/h2-15,17-24,26-33,35-36,39,41,54-55H,16,25,34H2,1H3,(H,61,62,63). The maximum atomic E-state index is 10.1. The lowest BCUT2D eigenvalue weighted by Gasteiger charge is -2.56. The van der Waals surface area contributed by atoms with Crippen LogP contribution in [0.5, 0.6) is 5.75 Å². The number of fused-ring (bicyclic) bond motifs is 9. The minimum atomic E-state index is -0.742. The van der Waals surface area contributed by atoms with E-state index in [-0.39, 0.29) is 23.9 Å². The fourth-order valence-corrected chi connectivity index (χ4v) is 11.3. The summed E-state index contributed by atoms with van der Waals surface area (Å²) in [6.45, 7) is 2.24. The number of nitrogens with zero attached hydrogens (tertiary/aromatic N) is 3. The molecule has 4 aliphatic carbocycles. The van der Waals surface area contributed by atoms with E-state index < -0.39 is 11.0 Å². The van der Waals surface area contributed by atoms with Gasteiger partial charge in [0.2, 0.25) is 0 Å². The number of benzene rings is 6. The van der Waals surface area contributed by atoms with Crippen molar-refractivity contribution in [1.29, 1.82) is 5.26 Å². The number of nitrogens with one attached hydrogen (secondary N) is 1. The van der Waals surface area contributed by atoms with Crippen LogP contribution in [-0.4, -0.2) is 17.3 Å². The molecule has 2 heterocycles. The first-order valence-corrected chi connectivity index (χ1v) is 22.5. The van der Waals surface area contributed by atoms with Crippen LogP contribution in [0.3, 0.4) is 0 Å². The summed E-state index contributed by atoms with van der Waals surface area (Å²) in [6, 6.07) is 50.4. The lowest BCUT2D eigenvalue weighted by molar-refractivity contribution is 0.0458. The average Bonchev–Trinajstić information content (AvgIpc) is 3.35. The molecule has 308 valence electrons. The molecule has 2 aliphatic heterocycles. The molecule has 5 heteroatoms. The van der Waals surface area contributed by atoms with Crippen LogP contribution in [-0.2, 0) is 11.8 Å². The zero-order valence-electron chi connectivity index (χ0n) is 35.7. The summed E-state index contributed by atoms with van der Waals surface area (Å²) in [5.74, 6) is 2.79. The minimum absolute atomic E-state index is 0.0764. The number of aliphatic imine (C=N–C) groups is 2. The molecule has 6 aliphatic rings. The summed E-state index contributed by atoms with van der Waals surface area (Å²) >= 11 is 0. The van der Waals surface area contributed by atoms with Gasteiger partial charge in [0.05, 0.1) is 17.0 Å². The van der Waals surface area contributed by atoms with Gasteiger partial charge in [-0.15, -0.1) is 0 Å². The Hall–Kier alpha value is -7.55. The third-order valence-corrected chi connectivity index (χ3v) is 14.3. The van der Waals surface area contributed by atoms with Crippen molar-refractivity contribution in [3.05, 3.63) is 250 Å². The van der Waals surface area contributed by atoms with Gasteiger partial charge >= 0.3 is 0 Å². The Kier molecular flexibility index (Phi) is 8.98. The maximum absolute atomic E-state index is 10.1. The molecule has 0 saturated heterocycles. The monoisotopic (exact) mass is 826 g/mol. The van der Waals surface area contributed by atoms with Gasteiger partial charge in [-0.3, -0.25) is 0 Å². The summed E-state index contributed by atoms with van der Waals surface area (Å²) in [5.41, 5.74) is 11.4. The molecule has 1 spiro atoms. The van der Waals surface area contributed by atoms with Crippen molar-refractivity contribution in [3.8, 4) is 11.8 Å². The summed E-state index contributed by atoms with van der Waals surface area (Å²) in [4.78, 5) is 10.2. The van der Waals surface area contributed by atoms with E-state index in [0.717, 1.165) is 64.5 Å². The Balaban J connectivity index is 0.891. The van der Waals surface area contributed by atoms with E-state index in [0.29, 0.717) is 5.56 Å². The van der Waals surface area contributed by atoms with Crippen molar-refractivity contribution >= 4 is 28.0 Å². The average molecular weight is 827 g/mol. The predicted octanol–water partition coefficient (Wildman–Crippen LogP) is 12.6. The minimum Gasteiger partial charge on any atom is -0.482 e. The number of allylic oxidation sites excluding steroid dienone is 7. The molecule has 1 N–H and O–H groups in total. The fraction of sp³-hybridized carbons (Fsp3) is 0.169. The number of hydrogen-bond donors (Lipinski definition) is 1. The summed E-state index contributed by atoms with van der Waals surface area (Å²) in [7, 11) is 0. The zero-order valence-corrected chi connectivity index (χ0v) is 35.7. The molecule has 64 heavy (non-hydrogen) atoms. The molecule has 12 rings (SSSR count). The normalized spacial score (nSPS) is 25.9. The molecule has 6 aromatic rings. The first-order valence-electron chi connectivity index (χ1n) is 22.5. The highest BCUT2D eigenvalue weighted by Crippen LogP contribution is 2.61. The Morgan fingerprint density at radius 2 is 1.50 bits per heavy atom. The molecule has 0 bridgehead atoms. The Morgan fingerprint density at radius 3 is 2.33 bits per heavy atom. The first kappa shape index (κ1) is 38.2. The summed E-state index contributed by atoms with van der Waals surface area (Å²) in [6.07, 6.45) is 25.0. The fourth-order valence-electron chi connectivity index (χ4n) is 11.3. The number of amidine groups is 2. The molecule has 6 aromatic carbocycles. The Bertz CT molecular complexity index is 3210. The van der Waals surface area contributed by atoms with E-state index in [4.69, 9.17) is 14.7 Å². The molecule has 6 unspecified atom stereocenters. The lowest BCUT2D eigenvalue weighted by Crippen LogP contribution is -2.56. The van der Waals surface area contributed by atoms with Crippen molar-refractivity contribution in [2.45, 2.75) is 49.3 Å². The highest BCUT2D eigenvalue weighted by atomic mass is 16.5. The smallest absolute Gasteiger partial charge is 0.147 e. The van der Waals surface area contributed by atoms with Gasteiger partial charge in [0.1, 0.15) is 29.2 Å². The molecule has 0 radical (unpaired) electrons. The van der Waals surface area contributed by atoms with Gasteiger partial charge in [0.15, 0.2) is 0 Å². The van der Waals surface area contributed by atoms with Gasteiger partial charge in [-0.2, -0.15) is 5.26 Å². The van der Waals surface area contributed by atoms with Crippen LogP contribution in [0.25, 0.3) is 16.3 Å². The second-order valence-corrected chi connectivity index (χ2v) is 18.1. The summed E-state index contributed by atoms with van der Waals surface area (Å²) in [5, 5.41) is 16.3. The molecule has 6 atom stereocenters. The first-order chi connectivity index (χ1) is 31.5. The van der Waals surface area contributed by atoms with Crippen LogP contribution in [0.4, 0.5) is 0 Å². The molecule has 0 aromatic heterocycles. The van der Waals surface area contributed by atoms with E-state index in [1.54, 1.807) is 0 Å². The third kappa shape index (κ3) is 6.20. The van der Waals surface area contributed by atoms with Crippen LogP contribution in [0, 0.1) is 23.2 Å². The van der Waals surface area contributed by atoms with E-state index >= 15 is 0 Å². The van der Waals surface area contributed by atoms with Gasteiger partial charge in [0, 0.05) is 28.9 Å². The highest BCUT2D eigenvalue weighted by molar-refractivity contribution is 6.10. The zero-order chi connectivity index (χ0) is 42.8. The third-order valence-electron chi connectivity index (χ3n) is 14.3. The lowest BCUT2D eigenvalue weighted by atomic mass is 9.51. The highest BCUT2D eigenvalue weighted by Gasteiger charge is 2.59. The van der Waals surface area contributed by atoms with E-state index in [9.17, 15) is 5.26 Å². The van der Waals surface area contributed by atoms with Crippen molar-refractivity contribution in [2.24, 2.45) is 21.8 Å². The molecular weight excluding hydrogens is 781 g/mol. The number of nitriles is 1. The van der Waals surface area contributed by atoms with Crippen LogP contribution in [0.1, 0.15) is 81.9 Å². The van der Waals surface area contributed by atoms with Crippen molar-refractivity contribution in [3.63, 3.8) is 0 Å². The van der Waals surface area contributed by atoms with Crippen LogP contribution in [0.2, 0.25) is 0 Å². The van der Waals surface area contributed by atoms with Crippen LogP contribution >= 0.6 is 0 Å². The molecular formula is C59H46N4O. The number of ether oxygens (including phenoxy) is 1. The van der Waals surface area contributed by atoms with Gasteiger partial charge in [-0.1, -0.05) is 170 Å². The largest absolute Gasteiger partial charge is 0.482 e. The van der Waals surface area contributed by atoms with Crippen molar-refractivity contribution in [2.75, 3.05) is 0 Å². The van der Waals surface area contributed by atoms with Crippen LogP contribution < -0.4 is 10.1 Å². The quantitative estimate of drug-likeness (QED) is 0.188.